The van der Waals surface area contributed by atoms with Crippen LogP contribution >= 0.6 is 8.58 Å². The summed E-state index contributed by atoms with van der Waals surface area (Å²) >= 11 is 0. The van der Waals surface area contributed by atoms with Gasteiger partial charge in [-0.15, -0.1) is 0 Å². The molecule has 0 radical (unpaired) electrons. The van der Waals surface area contributed by atoms with E-state index in [1.165, 1.54) is 21.7 Å². The fourth-order valence-corrected chi connectivity index (χ4v) is 5.39. The molecule has 0 spiro atoms. The lowest BCUT2D eigenvalue weighted by atomic mass is 9.87. The smallest absolute Gasteiger partial charge is 0.281 e. The molecule has 0 aliphatic carbocycles. The van der Waals surface area contributed by atoms with E-state index in [1.54, 1.807) is 0 Å². The first-order valence-electron chi connectivity index (χ1n) is 10.5. The summed E-state index contributed by atoms with van der Waals surface area (Å²) in [6.07, 6.45) is 0. The molecule has 0 aliphatic heterocycles. The van der Waals surface area contributed by atoms with E-state index in [-0.39, 0.29) is 10.8 Å². The minimum absolute atomic E-state index is 0.195. The lowest BCUT2D eigenvalue weighted by Gasteiger charge is -2.28. The first kappa shape index (κ1) is 31.4. The monoisotopic (exact) mass is 544 g/mol. The number of hydrogen-bond donors (Lipinski definition) is 1. The Morgan fingerprint density at radius 1 is 0.657 bits per heavy atom. The normalized spacial score (nSPS) is 13.8. The van der Waals surface area contributed by atoms with Crippen molar-refractivity contribution in [2.24, 2.45) is 0 Å². The van der Waals surface area contributed by atoms with Crippen molar-refractivity contribution in [2.45, 2.75) is 76.4 Å². The summed E-state index contributed by atoms with van der Waals surface area (Å²) in [6.45, 7) is 13.2. The maximum absolute atomic E-state index is 12.2. The van der Waals surface area contributed by atoms with E-state index in [2.05, 4.69) is 90.1 Å². The lowest BCUT2D eigenvalue weighted by molar-refractivity contribution is -0.273. The third kappa shape index (κ3) is 7.43. The van der Waals surface area contributed by atoms with Crippen LogP contribution in [0.4, 0.5) is 26.3 Å². The maximum atomic E-state index is 12.2. The van der Waals surface area contributed by atoms with E-state index in [0.29, 0.717) is 0 Å². The van der Waals surface area contributed by atoms with Gasteiger partial charge in [-0.3, -0.25) is 4.55 Å². The predicted molar refractivity (Wildman–Crippen MR) is 130 cm³/mol. The topological polar surface area (TPSA) is 54.4 Å². The zero-order chi connectivity index (χ0) is 27.7. The molecule has 2 aromatic carbocycles. The molecule has 0 bridgehead atoms. The van der Waals surface area contributed by atoms with Crippen molar-refractivity contribution in [1.29, 1.82) is 0 Å². The first-order valence-corrected chi connectivity index (χ1v) is 12.9. The summed E-state index contributed by atoms with van der Waals surface area (Å²) in [5, 5.41) is -3.29. The van der Waals surface area contributed by atoms with Crippen LogP contribution in [0.3, 0.4) is 0 Å². The van der Waals surface area contributed by atoms with E-state index in [9.17, 15) is 34.8 Å². The summed E-state index contributed by atoms with van der Waals surface area (Å²) in [7, 11) is -5.89. The van der Waals surface area contributed by atoms with Crippen LogP contribution in [0.15, 0.2) is 48.5 Å². The first-order chi connectivity index (χ1) is 15.4. The Kier molecular flexibility index (Phi) is 9.31. The molecule has 11 heteroatoms. The standard InChI is InChI=1S/C20H27P.C4H4F6O3S/c1-19(2,3)15-11-7-9-13-17(15)21-18-14-10-8-12-16(18)20(4,5)6;1-2(5,6)3(7,8)4(9,10)14(11,12)13/h7-14,21H,1-6H3;1H3,(H,11,12,13). The minimum atomic E-state index is -6.61. The fraction of sp³-hybridized carbons (Fsp3) is 0.500. The van der Waals surface area contributed by atoms with Crippen LogP contribution < -0.4 is 10.6 Å². The van der Waals surface area contributed by atoms with E-state index in [0.717, 1.165) is 8.58 Å². The Bertz CT molecular complexity index is 1060. The Balaban J connectivity index is 0.000000383. The van der Waals surface area contributed by atoms with Gasteiger partial charge in [-0.05, 0) is 32.6 Å². The molecule has 198 valence electrons. The predicted octanol–water partition coefficient (Wildman–Crippen LogP) is 6.67. The van der Waals surface area contributed by atoms with Crippen molar-refractivity contribution < 1.29 is 39.3 Å². The molecule has 0 fully saturated rings. The van der Waals surface area contributed by atoms with Crippen LogP contribution in [0.2, 0.25) is 0 Å². The van der Waals surface area contributed by atoms with E-state index >= 15 is 0 Å². The SMILES string of the molecule is CC(C)(C)c1ccccc1Pc1ccccc1C(C)(C)C.CC(F)(F)C(F)(F)C(F)(F)S(=O)(=O)O. The molecule has 0 heterocycles. The van der Waals surface area contributed by atoms with Crippen LogP contribution in [-0.2, 0) is 20.9 Å². The van der Waals surface area contributed by atoms with Crippen molar-refractivity contribution >= 4 is 29.3 Å². The van der Waals surface area contributed by atoms with E-state index in [4.69, 9.17) is 4.55 Å². The molecule has 2 rings (SSSR count). The molecule has 0 aliphatic rings. The van der Waals surface area contributed by atoms with Crippen molar-refractivity contribution in [2.75, 3.05) is 0 Å². The summed E-state index contributed by atoms with van der Waals surface area (Å²) < 4.78 is 99.6. The minimum Gasteiger partial charge on any atom is -0.281 e. The fourth-order valence-electron chi connectivity index (χ4n) is 3.05. The van der Waals surface area contributed by atoms with Crippen LogP contribution in [0, 0.1) is 0 Å². The second-order valence-corrected chi connectivity index (χ2v) is 13.0. The molecule has 3 nitrogen and oxygen atoms in total. The van der Waals surface area contributed by atoms with Gasteiger partial charge in [0, 0.05) is 6.92 Å². The molecular formula is C24H31F6O3PS. The van der Waals surface area contributed by atoms with Gasteiger partial charge in [0.15, 0.2) is 0 Å². The zero-order valence-electron chi connectivity index (χ0n) is 20.6. The van der Waals surface area contributed by atoms with Gasteiger partial charge >= 0.3 is 27.2 Å². The molecule has 0 unspecified atom stereocenters. The number of alkyl halides is 6. The van der Waals surface area contributed by atoms with Crippen LogP contribution in [0.25, 0.3) is 0 Å². The summed E-state index contributed by atoms with van der Waals surface area (Å²) in [6, 6.07) is 17.8. The zero-order valence-corrected chi connectivity index (χ0v) is 22.4. The second kappa shape index (κ2) is 10.4. The van der Waals surface area contributed by atoms with Crippen LogP contribution in [-0.4, -0.2) is 30.1 Å². The summed E-state index contributed by atoms with van der Waals surface area (Å²) in [5.41, 5.74) is 3.32. The Morgan fingerprint density at radius 3 is 1.20 bits per heavy atom. The molecule has 0 saturated heterocycles. The van der Waals surface area contributed by atoms with Crippen molar-refractivity contribution in [3.8, 4) is 0 Å². The number of rotatable bonds is 5. The average Bonchev–Trinajstić information content (AvgIpc) is 2.66. The third-order valence-corrected chi connectivity index (χ3v) is 7.30. The quantitative estimate of drug-likeness (QED) is 0.260. The van der Waals surface area contributed by atoms with Gasteiger partial charge in [-0.25, -0.2) is 0 Å². The Labute approximate surface area is 204 Å². The molecule has 35 heavy (non-hydrogen) atoms. The van der Waals surface area contributed by atoms with Gasteiger partial charge in [0.05, 0.1) is 0 Å². The van der Waals surface area contributed by atoms with Gasteiger partial charge < -0.3 is 0 Å². The highest BCUT2D eigenvalue weighted by molar-refractivity contribution is 7.87. The molecule has 0 amide bonds. The third-order valence-electron chi connectivity index (χ3n) is 4.98. The van der Waals surface area contributed by atoms with E-state index < -0.39 is 34.1 Å². The molecule has 0 aromatic heterocycles. The molecule has 0 atom stereocenters. The van der Waals surface area contributed by atoms with Gasteiger partial charge in [-0.2, -0.15) is 34.8 Å². The van der Waals surface area contributed by atoms with Gasteiger partial charge in [-0.1, -0.05) is 98.7 Å². The highest BCUT2D eigenvalue weighted by Gasteiger charge is 2.75. The number of halogens is 6. The van der Waals surface area contributed by atoms with Gasteiger partial charge in [0.1, 0.15) is 0 Å². The van der Waals surface area contributed by atoms with Crippen LogP contribution in [0.1, 0.15) is 59.6 Å². The number of hydrogen-bond acceptors (Lipinski definition) is 2. The Morgan fingerprint density at radius 2 is 0.971 bits per heavy atom. The molecule has 0 saturated carbocycles. The van der Waals surface area contributed by atoms with Gasteiger partial charge in [0.2, 0.25) is 0 Å². The molecular weight excluding hydrogens is 513 g/mol. The van der Waals surface area contributed by atoms with Crippen molar-refractivity contribution in [3.05, 3.63) is 59.7 Å². The van der Waals surface area contributed by atoms with E-state index in [1.807, 2.05) is 0 Å². The van der Waals surface area contributed by atoms with Crippen LogP contribution in [0.5, 0.6) is 0 Å². The second-order valence-electron chi connectivity index (χ2n) is 10.2. The van der Waals surface area contributed by atoms with Crippen molar-refractivity contribution in [1.82, 2.24) is 0 Å². The maximum Gasteiger partial charge on any atom is 0.437 e. The Hall–Kier alpha value is -1.64. The highest BCUT2D eigenvalue weighted by atomic mass is 32.2. The summed E-state index contributed by atoms with van der Waals surface area (Å²) in [5.74, 6) is -11.5. The van der Waals surface area contributed by atoms with Gasteiger partial charge in [0.25, 0.3) is 0 Å². The average molecular weight is 545 g/mol. The molecule has 1 N–H and O–H groups in total. The number of benzene rings is 2. The molecule has 2 aromatic rings. The largest absolute Gasteiger partial charge is 0.437 e. The van der Waals surface area contributed by atoms with Crippen molar-refractivity contribution in [3.63, 3.8) is 0 Å². The highest BCUT2D eigenvalue weighted by Crippen LogP contribution is 2.47. The lowest BCUT2D eigenvalue weighted by Crippen LogP contribution is -2.56. The summed E-state index contributed by atoms with van der Waals surface area (Å²) in [4.78, 5) is 0.